The van der Waals surface area contributed by atoms with Gasteiger partial charge in [-0.05, 0) is 37.7 Å². The van der Waals surface area contributed by atoms with Crippen molar-refractivity contribution in [2.75, 3.05) is 18.6 Å². The molecule has 14 heteroatoms. The lowest BCUT2D eigenvalue weighted by atomic mass is 10.1. The molecule has 4 atom stereocenters. The van der Waals surface area contributed by atoms with Crippen LogP contribution in [0.4, 0.5) is 0 Å². The fourth-order valence-electron chi connectivity index (χ4n) is 3.78. The summed E-state index contributed by atoms with van der Waals surface area (Å²) in [5.74, 6) is -3.56. The van der Waals surface area contributed by atoms with E-state index < -0.39 is 54.3 Å². The Morgan fingerprint density at radius 2 is 1.97 bits per heavy atom. The summed E-state index contributed by atoms with van der Waals surface area (Å²) in [6.45, 7) is 0.373. The van der Waals surface area contributed by atoms with E-state index in [4.69, 9.17) is 10.8 Å². The summed E-state index contributed by atoms with van der Waals surface area (Å²) in [6, 6.07) is -4.16. The Morgan fingerprint density at radius 3 is 2.57 bits per heavy atom. The van der Waals surface area contributed by atoms with Crippen molar-refractivity contribution in [1.29, 1.82) is 0 Å². The number of amides is 3. The molecular formula is C21H32N6O7S. The number of nitrogens with one attached hydrogen (secondary N) is 3. The number of likely N-dealkylation sites (tertiary alicyclic amines) is 1. The van der Waals surface area contributed by atoms with Gasteiger partial charge in [0.1, 0.15) is 18.1 Å². The summed E-state index contributed by atoms with van der Waals surface area (Å²) in [5, 5.41) is 23.1. The van der Waals surface area contributed by atoms with Gasteiger partial charge in [-0.3, -0.25) is 19.2 Å². The normalized spacial score (nSPS) is 17.9. The molecule has 1 aromatic heterocycles. The number of rotatable bonds is 14. The third-order valence-corrected chi connectivity index (χ3v) is 6.31. The van der Waals surface area contributed by atoms with Crippen molar-refractivity contribution < 1.29 is 34.2 Å². The summed E-state index contributed by atoms with van der Waals surface area (Å²) in [6.07, 6.45) is 5.46. The lowest BCUT2D eigenvalue weighted by molar-refractivity contribution is -0.144. The Kier molecular flexibility index (Phi) is 11.0. The largest absolute Gasteiger partial charge is 0.481 e. The number of H-pyrrole nitrogens is 1. The van der Waals surface area contributed by atoms with Crippen molar-refractivity contribution in [3.8, 4) is 0 Å². The number of carboxylic acid groups (broad SMARTS) is 2. The van der Waals surface area contributed by atoms with E-state index in [2.05, 4.69) is 20.6 Å². The van der Waals surface area contributed by atoms with Crippen molar-refractivity contribution in [2.24, 2.45) is 5.73 Å². The SMILES string of the molecule is CSCCC(N)C(=O)N1CCCC1C(=O)NC(Cc1cnc[nH]1)C(=O)NC(CCC(=O)O)C(=O)O. The number of hydrogen-bond donors (Lipinski definition) is 6. The van der Waals surface area contributed by atoms with Crippen LogP contribution in [0.1, 0.15) is 37.8 Å². The summed E-state index contributed by atoms with van der Waals surface area (Å²) in [7, 11) is 0. The average Bonchev–Trinajstić information content (AvgIpc) is 3.50. The second-order valence-corrected chi connectivity index (χ2v) is 9.24. The first kappa shape index (κ1) is 28.1. The van der Waals surface area contributed by atoms with E-state index in [9.17, 15) is 29.1 Å². The van der Waals surface area contributed by atoms with Crippen molar-refractivity contribution in [1.82, 2.24) is 25.5 Å². The standard InChI is InChI=1S/C21H32N6O7S/c1-35-8-6-13(22)20(32)27-7-2-3-16(27)19(31)26-15(9-12-10-23-11-24-12)18(30)25-14(21(33)34)4-5-17(28)29/h10-11,13-16H,2-9,22H2,1H3,(H,23,24)(H,25,30)(H,26,31)(H,28,29)(H,33,34). The molecule has 35 heavy (non-hydrogen) atoms. The molecule has 1 aliphatic rings. The molecule has 7 N–H and O–H groups in total. The molecule has 0 radical (unpaired) electrons. The van der Waals surface area contributed by atoms with Crippen LogP contribution in [0.2, 0.25) is 0 Å². The van der Waals surface area contributed by atoms with Gasteiger partial charge in [0, 0.05) is 31.3 Å². The molecule has 0 aliphatic carbocycles. The summed E-state index contributed by atoms with van der Waals surface area (Å²) in [4.78, 5) is 69.3. The molecule has 0 aromatic carbocycles. The Labute approximate surface area is 206 Å². The molecule has 0 saturated carbocycles. The molecule has 1 fully saturated rings. The molecule has 0 spiro atoms. The molecule has 0 bridgehead atoms. The first-order valence-corrected chi connectivity index (χ1v) is 12.6. The highest BCUT2D eigenvalue weighted by Gasteiger charge is 2.38. The molecule has 4 unspecified atom stereocenters. The number of hydrogen-bond acceptors (Lipinski definition) is 8. The van der Waals surface area contributed by atoms with Gasteiger partial charge in [-0.1, -0.05) is 0 Å². The highest BCUT2D eigenvalue weighted by atomic mass is 32.2. The minimum atomic E-state index is -1.45. The topological polar surface area (TPSA) is 208 Å². The minimum absolute atomic E-state index is 0.0171. The van der Waals surface area contributed by atoms with Gasteiger partial charge in [-0.15, -0.1) is 0 Å². The second-order valence-electron chi connectivity index (χ2n) is 8.25. The lowest BCUT2D eigenvalue weighted by Gasteiger charge is -2.28. The van der Waals surface area contributed by atoms with E-state index in [1.54, 1.807) is 11.8 Å². The molecule has 2 heterocycles. The van der Waals surface area contributed by atoms with Gasteiger partial charge in [0.25, 0.3) is 0 Å². The third-order valence-electron chi connectivity index (χ3n) is 5.66. The van der Waals surface area contributed by atoms with E-state index in [-0.39, 0.29) is 18.7 Å². The molecule has 1 saturated heterocycles. The third kappa shape index (κ3) is 8.55. The van der Waals surface area contributed by atoms with Gasteiger partial charge in [0.05, 0.1) is 12.4 Å². The van der Waals surface area contributed by atoms with Crippen molar-refractivity contribution in [3.05, 3.63) is 18.2 Å². The molecule has 2 rings (SSSR count). The Balaban J connectivity index is 2.13. The summed E-state index contributed by atoms with van der Waals surface area (Å²) >= 11 is 1.57. The number of carboxylic acids is 2. The number of nitrogens with two attached hydrogens (primary N) is 1. The van der Waals surface area contributed by atoms with Crippen LogP contribution in [0.3, 0.4) is 0 Å². The number of aliphatic carboxylic acids is 2. The predicted octanol–water partition coefficient (Wildman–Crippen LogP) is -1.06. The fourth-order valence-corrected chi connectivity index (χ4v) is 4.26. The van der Waals surface area contributed by atoms with Crippen LogP contribution in [0.5, 0.6) is 0 Å². The molecule has 194 valence electrons. The molecule has 1 aromatic rings. The smallest absolute Gasteiger partial charge is 0.326 e. The van der Waals surface area contributed by atoms with Gasteiger partial charge in [-0.25, -0.2) is 9.78 Å². The lowest BCUT2D eigenvalue weighted by Crippen LogP contribution is -2.57. The Hall–Kier alpha value is -3.13. The van der Waals surface area contributed by atoms with Crippen LogP contribution in [0.25, 0.3) is 0 Å². The van der Waals surface area contributed by atoms with Crippen LogP contribution in [0, 0.1) is 0 Å². The maximum Gasteiger partial charge on any atom is 0.326 e. The Bertz CT molecular complexity index is 897. The summed E-state index contributed by atoms with van der Waals surface area (Å²) < 4.78 is 0. The number of carbonyl (C=O) groups excluding carboxylic acids is 3. The number of imidazole rings is 1. The van der Waals surface area contributed by atoms with Crippen LogP contribution in [-0.4, -0.2) is 97.5 Å². The number of thioether (sulfide) groups is 1. The van der Waals surface area contributed by atoms with E-state index in [1.165, 1.54) is 17.4 Å². The maximum atomic E-state index is 13.1. The molecule has 13 nitrogen and oxygen atoms in total. The summed E-state index contributed by atoms with van der Waals surface area (Å²) in [5.41, 5.74) is 6.52. The molecular weight excluding hydrogens is 480 g/mol. The van der Waals surface area contributed by atoms with Gasteiger partial charge < -0.3 is 36.5 Å². The second kappa shape index (κ2) is 13.7. The number of aromatic amines is 1. The first-order chi connectivity index (χ1) is 16.6. The Morgan fingerprint density at radius 1 is 1.23 bits per heavy atom. The average molecular weight is 513 g/mol. The molecule has 3 amide bonds. The number of aromatic nitrogens is 2. The predicted molar refractivity (Wildman–Crippen MR) is 126 cm³/mol. The van der Waals surface area contributed by atoms with E-state index in [0.29, 0.717) is 37.3 Å². The monoisotopic (exact) mass is 512 g/mol. The van der Waals surface area contributed by atoms with Crippen LogP contribution < -0.4 is 16.4 Å². The van der Waals surface area contributed by atoms with E-state index >= 15 is 0 Å². The number of nitrogens with zero attached hydrogens (tertiary/aromatic N) is 2. The minimum Gasteiger partial charge on any atom is -0.481 e. The highest BCUT2D eigenvalue weighted by molar-refractivity contribution is 7.98. The molecule has 1 aliphatic heterocycles. The fraction of sp³-hybridized carbons (Fsp3) is 0.619. The van der Waals surface area contributed by atoms with Gasteiger partial charge in [-0.2, -0.15) is 11.8 Å². The van der Waals surface area contributed by atoms with Crippen molar-refractivity contribution in [2.45, 2.75) is 62.7 Å². The van der Waals surface area contributed by atoms with Crippen LogP contribution in [0.15, 0.2) is 12.5 Å². The van der Waals surface area contributed by atoms with Crippen molar-refractivity contribution >= 4 is 41.4 Å². The maximum absolute atomic E-state index is 13.1. The quantitative estimate of drug-likeness (QED) is 0.178. The van der Waals surface area contributed by atoms with Gasteiger partial charge in [0.15, 0.2) is 0 Å². The van der Waals surface area contributed by atoms with Crippen molar-refractivity contribution in [3.63, 3.8) is 0 Å². The zero-order valence-electron chi connectivity index (χ0n) is 19.4. The zero-order chi connectivity index (χ0) is 26.0. The zero-order valence-corrected chi connectivity index (χ0v) is 20.3. The van der Waals surface area contributed by atoms with E-state index in [0.717, 1.165) is 0 Å². The van der Waals surface area contributed by atoms with Gasteiger partial charge >= 0.3 is 11.9 Å². The van der Waals surface area contributed by atoms with Crippen LogP contribution in [-0.2, 0) is 30.4 Å². The van der Waals surface area contributed by atoms with Crippen LogP contribution >= 0.6 is 11.8 Å². The first-order valence-electron chi connectivity index (χ1n) is 11.2. The highest BCUT2D eigenvalue weighted by Crippen LogP contribution is 2.19. The van der Waals surface area contributed by atoms with E-state index in [1.807, 2.05) is 6.26 Å². The number of carbonyl (C=O) groups is 5. The van der Waals surface area contributed by atoms with Gasteiger partial charge in [0.2, 0.25) is 17.7 Å².